The maximum atomic E-state index is 14.1. The lowest BCUT2D eigenvalue weighted by Gasteiger charge is -2.44. The molecular formula is C25H25F2N5O2. The molecule has 7 nitrogen and oxygen atoms in total. The Morgan fingerprint density at radius 2 is 2.03 bits per heavy atom. The summed E-state index contributed by atoms with van der Waals surface area (Å²) in [7, 11) is 1.54. The average Bonchev–Trinajstić information content (AvgIpc) is 2.80. The van der Waals surface area contributed by atoms with E-state index in [9.17, 15) is 18.4 Å². The van der Waals surface area contributed by atoms with Crippen molar-refractivity contribution in [2.24, 2.45) is 16.8 Å². The number of carbonyl (C=O) groups excluding carboxylic acids is 2. The Labute approximate surface area is 196 Å². The molecule has 0 saturated carbocycles. The third-order valence-electron chi connectivity index (χ3n) is 5.65. The largest absolute Gasteiger partial charge is 0.333 e. The van der Waals surface area contributed by atoms with Crippen molar-refractivity contribution < 1.29 is 18.4 Å². The van der Waals surface area contributed by atoms with Gasteiger partial charge >= 0.3 is 0 Å². The average molecular weight is 466 g/mol. The normalized spacial score (nSPS) is 18.5. The molecule has 2 aromatic rings. The monoisotopic (exact) mass is 465 g/mol. The minimum atomic E-state index is -0.979. The number of benzene rings is 2. The lowest BCUT2D eigenvalue weighted by Crippen LogP contribution is -2.56. The molecule has 2 amide bonds. The van der Waals surface area contributed by atoms with Crippen molar-refractivity contribution >= 4 is 29.9 Å². The fourth-order valence-corrected chi connectivity index (χ4v) is 4.27. The molecule has 0 bridgehead atoms. The zero-order valence-electron chi connectivity index (χ0n) is 19.0. The summed E-state index contributed by atoms with van der Waals surface area (Å²) < 4.78 is 27.9. The summed E-state index contributed by atoms with van der Waals surface area (Å²) in [5, 5.41) is 19.8. The number of hydrogen-bond acceptors (Lipinski definition) is 5. The van der Waals surface area contributed by atoms with Crippen LogP contribution in [-0.4, -0.2) is 48.8 Å². The van der Waals surface area contributed by atoms with Gasteiger partial charge < -0.3 is 20.6 Å². The van der Waals surface area contributed by atoms with Crippen LogP contribution in [0.3, 0.4) is 0 Å². The van der Waals surface area contributed by atoms with Crippen LogP contribution in [-0.2, 0) is 4.79 Å². The van der Waals surface area contributed by atoms with Crippen LogP contribution in [0.5, 0.6) is 0 Å². The number of nitriles is 1. The summed E-state index contributed by atoms with van der Waals surface area (Å²) in [5.41, 5.74) is 0.375. The van der Waals surface area contributed by atoms with Gasteiger partial charge in [0.05, 0.1) is 23.4 Å². The molecule has 0 aromatic heterocycles. The topological polar surface area (TPSA) is 109 Å². The van der Waals surface area contributed by atoms with Gasteiger partial charge in [0.2, 0.25) is 5.91 Å². The van der Waals surface area contributed by atoms with Crippen molar-refractivity contribution in [1.82, 2.24) is 4.90 Å². The Morgan fingerprint density at radius 3 is 2.65 bits per heavy atom. The standard InChI is InChI=1S/C25H25F2N5O2/c1-14(2)13-32-23(16(11-29)12-30-3)22(19-6-4-17(26)9-20(19)25(32)34)24(33)31-18-5-7-21(27)15(8-18)10-28/h4-9,11-12,14,16,22-23,29H,13H2,1-3H3,(H,31,33)/t16?,22-,23+/m1/s1. The highest BCUT2D eigenvalue weighted by atomic mass is 19.1. The van der Waals surface area contributed by atoms with Gasteiger partial charge in [0.1, 0.15) is 17.7 Å². The Morgan fingerprint density at radius 1 is 1.29 bits per heavy atom. The molecule has 1 aliphatic rings. The molecular weight excluding hydrogens is 440 g/mol. The van der Waals surface area contributed by atoms with Crippen LogP contribution in [0, 0.1) is 40.2 Å². The first-order chi connectivity index (χ1) is 16.2. The number of halogens is 2. The van der Waals surface area contributed by atoms with Gasteiger partial charge in [0, 0.05) is 37.3 Å². The van der Waals surface area contributed by atoms with E-state index in [4.69, 9.17) is 10.7 Å². The third-order valence-corrected chi connectivity index (χ3v) is 5.65. The van der Waals surface area contributed by atoms with Crippen LogP contribution >= 0.6 is 0 Å². The van der Waals surface area contributed by atoms with E-state index in [1.165, 1.54) is 42.4 Å². The second-order valence-corrected chi connectivity index (χ2v) is 8.50. The number of anilines is 1. The van der Waals surface area contributed by atoms with Crippen molar-refractivity contribution in [3.63, 3.8) is 0 Å². The molecule has 1 aliphatic heterocycles. The lowest BCUT2D eigenvalue weighted by molar-refractivity contribution is -0.119. The summed E-state index contributed by atoms with van der Waals surface area (Å²) in [6.45, 7) is 4.10. The van der Waals surface area contributed by atoms with E-state index < -0.39 is 41.3 Å². The number of aliphatic imine (C=N–C) groups is 1. The van der Waals surface area contributed by atoms with Gasteiger partial charge in [-0.25, -0.2) is 8.78 Å². The molecule has 2 N–H and O–H groups in total. The molecule has 176 valence electrons. The molecule has 1 heterocycles. The Kier molecular flexibility index (Phi) is 7.51. The molecule has 0 fully saturated rings. The van der Waals surface area contributed by atoms with Gasteiger partial charge in [-0.15, -0.1) is 0 Å². The molecule has 2 aromatic carbocycles. The summed E-state index contributed by atoms with van der Waals surface area (Å²) in [6.07, 6.45) is 2.62. The SMILES string of the molecule is CN=CC(C=N)[C@H]1[C@H](C(=O)Nc2ccc(F)c(C#N)c2)c2ccc(F)cc2C(=O)N1CC(C)C. The predicted octanol–water partition coefficient (Wildman–Crippen LogP) is 4.01. The molecule has 34 heavy (non-hydrogen) atoms. The van der Waals surface area contributed by atoms with Crippen molar-refractivity contribution in [2.45, 2.75) is 25.8 Å². The highest BCUT2D eigenvalue weighted by Crippen LogP contribution is 2.38. The molecule has 0 spiro atoms. The fraction of sp³-hybridized carbons (Fsp3) is 0.320. The van der Waals surface area contributed by atoms with Crippen LogP contribution in [0.1, 0.15) is 41.3 Å². The Hall–Kier alpha value is -3.93. The minimum Gasteiger partial charge on any atom is -0.333 e. The van der Waals surface area contributed by atoms with Crippen molar-refractivity contribution in [2.75, 3.05) is 18.9 Å². The van der Waals surface area contributed by atoms with E-state index in [0.717, 1.165) is 18.3 Å². The summed E-state index contributed by atoms with van der Waals surface area (Å²) in [5.74, 6) is -3.92. The van der Waals surface area contributed by atoms with Crippen molar-refractivity contribution in [3.05, 3.63) is 64.7 Å². The Balaban J connectivity index is 2.17. The number of amides is 2. The zero-order chi connectivity index (χ0) is 25.0. The molecule has 1 unspecified atom stereocenters. The third kappa shape index (κ3) is 4.86. The second-order valence-electron chi connectivity index (χ2n) is 8.50. The minimum absolute atomic E-state index is 0.0329. The maximum Gasteiger partial charge on any atom is 0.254 e. The van der Waals surface area contributed by atoms with Crippen molar-refractivity contribution in [1.29, 1.82) is 10.7 Å². The number of fused-ring (bicyclic) bond motifs is 1. The number of rotatable bonds is 7. The summed E-state index contributed by atoms with van der Waals surface area (Å²) >= 11 is 0. The number of hydrogen-bond donors (Lipinski definition) is 2. The quantitative estimate of drug-likeness (QED) is 0.603. The molecule has 9 heteroatoms. The summed E-state index contributed by atoms with van der Waals surface area (Å²) in [4.78, 5) is 32.6. The van der Waals surface area contributed by atoms with Crippen LogP contribution < -0.4 is 5.32 Å². The Bertz CT molecular complexity index is 1190. The number of nitrogens with zero attached hydrogens (tertiary/aromatic N) is 3. The summed E-state index contributed by atoms with van der Waals surface area (Å²) in [6, 6.07) is 8.25. The van der Waals surface area contributed by atoms with Gasteiger partial charge in [-0.1, -0.05) is 19.9 Å². The second kappa shape index (κ2) is 10.3. The van der Waals surface area contributed by atoms with Gasteiger partial charge in [0.15, 0.2) is 0 Å². The fourth-order valence-electron chi connectivity index (χ4n) is 4.27. The zero-order valence-corrected chi connectivity index (χ0v) is 19.0. The van der Waals surface area contributed by atoms with Crippen molar-refractivity contribution in [3.8, 4) is 6.07 Å². The maximum absolute atomic E-state index is 14.1. The number of nitrogens with one attached hydrogen (secondary N) is 2. The molecule has 3 atom stereocenters. The van der Waals surface area contributed by atoms with E-state index >= 15 is 0 Å². The number of carbonyl (C=O) groups is 2. The molecule has 0 radical (unpaired) electrons. The van der Waals surface area contributed by atoms with E-state index in [1.54, 1.807) is 6.07 Å². The van der Waals surface area contributed by atoms with Crippen LogP contribution in [0.4, 0.5) is 14.5 Å². The van der Waals surface area contributed by atoms with E-state index in [1.807, 2.05) is 13.8 Å². The van der Waals surface area contributed by atoms with Gasteiger partial charge in [-0.05, 0) is 41.8 Å². The smallest absolute Gasteiger partial charge is 0.254 e. The molecule has 0 aliphatic carbocycles. The first-order valence-corrected chi connectivity index (χ1v) is 10.8. The van der Waals surface area contributed by atoms with Gasteiger partial charge in [-0.3, -0.25) is 9.59 Å². The van der Waals surface area contributed by atoms with Gasteiger partial charge in [-0.2, -0.15) is 5.26 Å². The van der Waals surface area contributed by atoms with E-state index in [0.29, 0.717) is 5.56 Å². The first kappa shape index (κ1) is 24.7. The van der Waals surface area contributed by atoms with Crippen LogP contribution in [0.2, 0.25) is 0 Å². The molecule has 3 rings (SSSR count). The van der Waals surface area contributed by atoms with Gasteiger partial charge in [0.25, 0.3) is 5.91 Å². The molecule has 0 saturated heterocycles. The van der Waals surface area contributed by atoms with E-state index in [-0.39, 0.29) is 29.3 Å². The highest BCUT2D eigenvalue weighted by Gasteiger charge is 2.46. The van der Waals surface area contributed by atoms with Crippen LogP contribution in [0.15, 0.2) is 41.4 Å². The van der Waals surface area contributed by atoms with Crippen LogP contribution in [0.25, 0.3) is 0 Å². The van der Waals surface area contributed by atoms with E-state index in [2.05, 4.69) is 10.3 Å². The predicted molar refractivity (Wildman–Crippen MR) is 125 cm³/mol. The highest BCUT2D eigenvalue weighted by molar-refractivity contribution is 6.05. The first-order valence-electron chi connectivity index (χ1n) is 10.8. The lowest BCUT2D eigenvalue weighted by atomic mass is 9.76.